The number of imide groups is 2. The number of piperidine rings is 1. The van der Waals surface area contributed by atoms with Gasteiger partial charge in [-0.15, -0.1) is 0 Å². The lowest BCUT2D eigenvalue weighted by Gasteiger charge is -2.39. The Bertz CT molecular complexity index is 4050. The molecule has 7 heterocycles. The van der Waals surface area contributed by atoms with E-state index >= 15 is 0 Å². The van der Waals surface area contributed by atoms with E-state index in [0.717, 1.165) is 45.9 Å². The third kappa shape index (κ3) is 13.1. The molecule has 26 heteroatoms. The molecule has 1 atom stereocenters. The largest absolute Gasteiger partial charge is 0.493 e. The van der Waals surface area contributed by atoms with Crippen LogP contribution in [-0.2, 0) is 35.7 Å². The standard InChI is InChI=1S/C63H62ClN11O13S/c64-42-9-7-40(8-10-42)46-3-2-6-54(87-37-39-34-73(35-39)57(77)18-22-65-51-5-1-4-48-58(51)63(81)74(62(48)80)52-15-16-56(76)69-61(52)79)49(46)36-71-23-25-72(26-24-71)43-11-13-47(55(30-43)88-44-29-41-17-21-66-59(41)68-33-44)60(78)70-89(84,85)45-12-14-50(53(31-45)75(82)83)67-32-38-19-27-86-28-20-38/h1-14,17,21,29-31,33,38-39,52,65,67H,15-16,18-20,22-28,32,34-37H2,(H,66,68)(H,70,78)(H,69,76,79). The van der Waals surface area contributed by atoms with E-state index in [1.807, 2.05) is 48.5 Å². The Morgan fingerprint density at radius 3 is 2.37 bits per heavy atom. The number of amides is 6. The Morgan fingerprint density at radius 2 is 1.60 bits per heavy atom. The van der Waals surface area contributed by atoms with Crippen LogP contribution in [-0.4, -0.2) is 152 Å². The third-order valence-corrected chi connectivity index (χ3v) is 18.3. The number of hydrogen-bond donors (Lipinski definition) is 5. The second-order valence-corrected chi connectivity index (χ2v) is 24.7. The van der Waals surface area contributed by atoms with Gasteiger partial charge in [0, 0.05) is 137 Å². The first kappa shape index (κ1) is 59.9. The van der Waals surface area contributed by atoms with Crippen LogP contribution in [0.3, 0.4) is 0 Å². The number of carbonyl (C=O) groups excluding carboxylic acids is 6. The van der Waals surface area contributed by atoms with Gasteiger partial charge in [-0.1, -0.05) is 41.9 Å². The highest BCUT2D eigenvalue weighted by Crippen LogP contribution is 2.38. The number of piperazine rings is 1. The molecule has 4 fully saturated rings. The summed E-state index contributed by atoms with van der Waals surface area (Å²) in [6, 6.07) is 29.2. The molecule has 1 unspecified atom stereocenters. The fraction of sp³-hybridized carbons (Fsp3) is 0.317. The normalized spacial score (nSPS) is 17.5. The SMILES string of the molecule is O=C1CCC(N2C(=O)c3cccc(NCCC(=O)N4CC(COc5cccc(-c6ccc(Cl)cc6)c5CN5CCN(c6ccc(C(=O)NS(=O)(=O)c7ccc(NCC8CCOCC8)c([N+](=O)[O-])c7)c(Oc7cnc8[nH]ccc8c7)c6)CC5)C4)c3C2=O)C(=O)N1. The Kier molecular flexibility index (Phi) is 17.3. The minimum absolute atomic E-state index is 0.00917. The van der Waals surface area contributed by atoms with Gasteiger partial charge in [-0.25, -0.2) is 18.1 Å². The van der Waals surface area contributed by atoms with Crippen molar-refractivity contribution in [2.45, 2.75) is 49.6 Å². The molecule has 0 bridgehead atoms. The molecule has 6 amide bonds. The number of nitrogens with zero attached hydrogens (tertiary/aromatic N) is 6. The Labute approximate surface area is 516 Å². The van der Waals surface area contributed by atoms with Crippen molar-refractivity contribution in [1.82, 2.24) is 34.7 Å². The van der Waals surface area contributed by atoms with E-state index in [1.54, 1.807) is 41.4 Å². The van der Waals surface area contributed by atoms with Gasteiger partial charge in [-0.05, 0) is 103 Å². The number of pyridine rings is 1. The molecule has 5 aromatic carbocycles. The number of anilines is 3. The first-order chi connectivity index (χ1) is 43.0. The maximum absolute atomic E-state index is 14.1. The third-order valence-electron chi connectivity index (χ3n) is 16.8. The molecule has 0 radical (unpaired) electrons. The fourth-order valence-electron chi connectivity index (χ4n) is 11.9. The van der Waals surface area contributed by atoms with E-state index in [2.05, 4.69) is 40.4 Å². The quantitative estimate of drug-likeness (QED) is 0.0263. The highest BCUT2D eigenvalue weighted by Gasteiger charge is 2.46. The van der Waals surface area contributed by atoms with E-state index in [0.29, 0.717) is 100.0 Å². The van der Waals surface area contributed by atoms with Crippen LogP contribution < -0.4 is 35.0 Å². The summed E-state index contributed by atoms with van der Waals surface area (Å²) in [5.41, 5.74) is 4.45. The lowest BCUT2D eigenvalue weighted by atomic mass is 9.97. The summed E-state index contributed by atoms with van der Waals surface area (Å²) < 4.78 is 48.2. The molecule has 2 aromatic heterocycles. The monoisotopic (exact) mass is 1250 g/mol. The summed E-state index contributed by atoms with van der Waals surface area (Å²) in [6.45, 7) is 6.02. The van der Waals surface area contributed by atoms with Crippen LogP contribution in [0, 0.1) is 22.0 Å². The molecular weight excluding hydrogens is 1190 g/mol. The van der Waals surface area contributed by atoms with Crippen molar-refractivity contribution in [3.63, 3.8) is 0 Å². The average molecular weight is 1250 g/mol. The van der Waals surface area contributed by atoms with Crippen LogP contribution in [0.2, 0.25) is 5.02 Å². The number of H-pyrrole nitrogens is 1. The van der Waals surface area contributed by atoms with Gasteiger partial charge in [-0.2, -0.15) is 0 Å². The number of ether oxygens (including phenoxy) is 3. The minimum Gasteiger partial charge on any atom is -0.493 e. The molecule has 24 nitrogen and oxygen atoms in total. The van der Waals surface area contributed by atoms with Crippen molar-refractivity contribution in [2.24, 2.45) is 11.8 Å². The van der Waals surface area contributed by atoms with E-state index in [1.165, 1.54) is 30.5 Å². The molecule has 0 aliphatic carbocycles. The number of aromatic nitrogens is 2. The Hall–Kier alpha value is -9.43. The Balaban J connectivity index is 0.689. The predicted molar refractivity (Wildman–Crippen MR) is 329 cm³/mol. The van der Waals surface area contributed by atoms with Gasteiger partial charge in [0.15, 0.2) is 0 Å². The first-order valence-electron chi connectivity index (χ1n) is 29.3. The summed E-state index contributed by atoms with van der Waals surface area (Å²) >= 11 is 6.35. The number of aromatic amines is 1. The molecule has 7 aromatic rings. The van der Waals surface area contributed by atoms with Crippen LogP contribution in [0.15, 0.2) is 126 Å². The van der Waals surface area contributed by atoms with E-state index in [-0.39, 0.29) is 77.4 Å². The zero-order chi connectivity index (χ0) is 61.9. The van der Waals surface area contributed by atoms with Crippen molar-refractivity contribution in [3.05, 3.63) is 159 Å². The molecule has 12 rings (SSSR count). The number of nitrogens with one attached hydrogen (secondary N) is 5. The topological polar surface area (TPSA) is 297 Å². The van der Waals surface area contributed by atoms with Crippen molar-refractivity contribution < 1.29 is 56.3 Å². The average Bonchev–Trinajstić information content (AvgIpc) is 1.73. The van der Waals surface area contributed by atoms with E-state index in [9.17, 15) is 47.3 Å². The maximum atomic E-state index is 14.1. The van der Waals surface area contributed by atoms with Gasteiger partial charge < -0.3 is 39.6 Å². The van der Waals surface area contributed by atoms with Crippen LogP contribution in [0.25, 0.3) is 22.2 Å². The molecule has 5 aliphatic heterocycles. The van der Waals surface area contributed by atoms with Gasteiger partial charge in [0.05, 0.1) is 39.3 Å². The number of nitro groups is 1. The maximum Gasteiger partial charge on any atom is 0.293 e. The number of rotatable bonds is 21. The number of hydrogen-bond acceptors (Lipinski definition) is 18. The number of nitro benzene ring substituents is 1. The highest BCUT2D eigenvalue weighted by atomic mass is 35.5. The summed E-state index contributed by atoms with van der Waals surface area (Å²) in [4.78, 5) is 104. The molecule has 89 heavy (non-hydrogen) atoms. The summed E-state index contributed by atoms with van der Waals surface area (Å²) in [5.74, 6) is -2.18. The lowest BCUT2D eigenvalue weighted by Crippen LogP contribution is -2.54. The number of sulfonamides is 1. The van der Waals surface area contributed by atoms with Crippen LogP contribution >= 0.6 is 11.6 Å². The van der Waals surface area contributed by atoms with Crippen LogP contribution in [0.4, 0.5) is 22.7 Å². The van der Waals surface area contributed by atoms with Crippen LogP contribution in [0.1, 0.15) is 68.7 Å². The minimum atomic E-state index is -4.64. The van der Waals surface area contributed by atoms with Gasteiger partial charge >= 0.3 is 0 Å². The van der Waals surface area contributed by atoms with Gasteiger partial charge in [0.1, 0.15) is 34.6 Å². The van der Waals surface area contributed by atoms with E-state index < -0.39 is 61.1 Å². The van der Waals surface area contributed by atoms with Crippen LogP contribution in [0.5, 0.6) is 17.2 Å². The van der Waals surface area contributed by atoms with E-state index in [4.69, 9.17) is 25.8 Å². The molecule has 460 valence electrons. The van der Waals surface area contributed by atoms with Gasteiger partial charge in [0.2, 0.25) is 17.7 Å². The molecule has 0 saturated carbocycles. The number of halogens is 1. The summed E-state index contributed by atoms with van der Waals surface area (Å²) in [5, 5.41) is 22.0. The second-order valence-electron chi connectivity index (χ2n) is 22.6. The summed E-state index contributed by atoms with van der Waals surface area (Å²) in [6.07, 6.45) is 4.97. The van der Waals surface area contributed by atoms with Gasteiger partial charge in [-0.3, -0.25) is 54.0 Å². The number of benzene rings is 5. The molecule has 4 saturated heterocycles. The predicted octanol–water partition coefficient (Wildman–Crippen LogP) is 7.60. The number of fused-ring (bicyclic) bond motifs is 2. The molecule has 0 spiro atoms. The fourth-order valence-corrected chi connectivity index (χ4v) is 13.0. The smallest absolute Gasteiger partial charge is 0.293 e. The number of likely N-dealkylation sites (tertiary alicyclic amines) is 1. The van der Waals surface area contributed by atoms with Crippen molar-refractivity contribution in [2.75, 3.05) is 87.7 Å². The zero-order valence-corrected chi connectivity index (χ0v) is 49.6. The lowest BCUT2D eigenvalue weighted by molar-refractivity contribution is -0.384. The van der Waals surface area contributed by atoms with Crippen molar-refractivity contribution in [1.29, 1.82) is 0 Å². The number of carbonyl (C=O) groups is 6. The molecular formula is C63H62ClN11O13S. The second kappa shape index (κ2) is 25.7. The molecule has 5 N–H and O–H groups in total. The molecule has 5 aliphatic rings. The van der Waals surface area contributed by atoms with Crippen molar-refractivity contribution >= 4 is 90.9 Å². The zero-order valence-electron chi connectivity index (χ0n) is 48.1. The first-order valence-corrected chi connectivity index (χ1v) is 31.2. The van der Waals surface area contributed by atoms with Gasteiger partial charge in [0.25, 0.3) is 33.4 Å². The highest BCUT2D eigenvalue weighted by molar-refractivity contribution is 7.90. The summed E-state index contributed by atoms with van der Waals surface area (Å²) in [7, 11) is -4.64. The Morgan fingerprint density at radius 1 is 0.820 bits per heavy atom. The van der Waals surface area contributed by atoms with Crippen molar-refractivity contribution in [3.8, 4) is 28.4 Å².